The number of aliphatic hydroxyl groups excluding tert-OH is 1. The number of aromatic nitrogens is 1. The van der Waals surface area contributed by atoms with Gasteiger partial charge in [0.05, 0.1) is 12.1 Å². The molecule has 1 fully saturated rings. The number of nitrogens with one attached hydrogen (secondary N) is 8. The van der Waals surface area contributed by atoms with Gasteiger partial charge in [-0.15, -0.1) is 0 Å². The fourth-order valence-corrected chi connectivity index (χ4v) is 10.3. The highest BCUT2D eigenvalue weighted by Crippen LogP contribution is 2.22. The van der Waals surface area contributed by atoms with Gasteiger partial charge in [0.2, 0.25) is 53.2 Å². The van der Waals surface area contributed by atoms with Crippen LogP contribution in [0.15, 0.2) is 63.8 Å². The van der Waals surface area contributed by atoms with Gasteiger partial charge in [0.1, 0.15) is 60.1 Å². The van der Waals surface area contributed by atoms with E-state index in [1.807, 2.05) is 0 Å². The maximum Gasteiger partial charge on any atom is 0.326 e. The van der Waals surface area contributed by atoms with E-state index in [4.69, 9.17) is 51.6 Å². The summed E-state index contributed by atoms with van der Waals surface area (Å²) in [7, 11) is 0. The summed E-state index contributed by atoms with van der Waals surface area (Å²) in [5, 5.41) is 52.3. The number of carbonyl (C=O) groups is 10. The maximum atomic E-state index is 14.8. The minimum absolute atomic E-state index is 0.00183. The van der Waals surface area contributed by atoms with Gasteiger partial charge in [0, 0.05) is 45.0 Å². The molecule has 29 N–H and O–H groups in total. The molecular formula is C61H102N22O13. The molecule has 0 bridgehead atoms. The van der Waals surface area contributed by atoms with Gasteiger partial charge in [-0.1, -0.05) is 32.0 Å². The topological polar surface area (TPSA) is 615 Å². The molecule has 1 aliphatic rings. The monoisotopic (exact) mass is 1350 g/mol. The first-order chi connectivity index (χ1) is 45.6. The predicted molar refractivity (Wildman–Crippen MR) is 358 cm³/mol. The van der Waals surface area contributed by atoms with Gasteiger partial charge < -0.3 is 114 Å². The number of guanidine groups is 3. The van der Waals surface area contributed by atoms with Gasteiger partial charge >= 0.3 is 5.97 Å². The van der Waals surface area contributed by atoms with E-state index in [1.54, 1.807) is 38.4 Å². The summed E-state index contributed by atoms with van der Waals surface area (Å²) in [6.07, 6.45) is 3.18. The number of pyridine rings is 1. The molecule has 3 rings (SSSR count). The van der Waals surface area contributed by atoms with E-state index in [9.17, 15) is 63.3 Å². The van der Waals surface area contributed by atoms with Gasteiger partial charge in [0.15, 0.2) is 17.9 Å². The smallest absolute Gasteiger partial charge is 0.326 e. The number of hydrogen-bond donors (Lipinski definition) is 20. The highest BCUT2D eigenvalue weighted by molar-refractivity contribution is 5.99. The van der Waals surface area contributed by atoms with Crippen molar-refractivity contribution in [1.82, 2.24) is 52.4 Å². The van der Waals surface area contributed by atoms with E-state index in [2.05, 4.69) is 62.5 Å². The predicted octanol–water partition coefficient (Wildman–Crippen LogP) is -5.69. The third-order valence-corrected chi connectivity index (χ3v) is 15.5. The molecule has 1 aromatic heterocycles. The Morgan fingerprint density at radius 2 is 0.979 bits per heavy atom. The molecule has 2 aromatic rings. The number of likely N-dealkylation sites (tertiary alicyclic amines) is 1. The second kappa shape index (κ2) is 42.8. The van der Waals surface area contributed by atoms with E-state index in [0.29, 0.717) is 36.8 Å². The minimum atomic E-state index is -1.61. The first-order valence-electron chi connectivity index (χ1n) is 32.2. The molecule has 0 aliphatic carbocycles. The number of carboxylic acids is 1. The Balaban J connectivity index is 1.98. The zero-order chi connectivity index (χ0) is 71.4. The van der Waals surface area contributed by atoms with Gasteiger partial charge in [-0.3, -0.25) is 63.1 Å². The molecule has 35 nitrogen and oxygen atoms in total. The highest BCUT2D eigenvalue weighted by Gasteiger charge is 2.42. The van der Waals surface area contributed by atoms with Crippen molar-refractivity contribution >= 4 is 77.0 Å². The Labute approximate surface area is 558 Å². The number of carboxylic acid groups (broad SMARTS) is 1. The number of aromatic hydroxyl groups is 1. The molecule has 1 saturated heterocycles. The van der Waals surface area contributed by atoms with Gasteiger partial charge in [-0.05, 0) is 152 Å². The third kappa shape index (κ3) is 29.4. The average Bonchev–Trinajstić information content (AvgIpc) is 1.60. The van der Waals surface area contributed by atoms with Crippen LogP contribution >= 0.6 is 0 Å². The number of nitrogens with two attached hydrogens (primary N) is 9. The van der Waals surface area contributed by atoms with Gasteiger partial charge in [0.25, 0.3) is 0 Å². The third-order valence-electron chi connectivity index (χ3n) is 15.5. The number of amides is 9. The summed E-state index contributed by atoms with van der Waals surface area (Å²) in [6.45, 7) is 5.06. The fraction of sp³-hybridized carbons (Fsp3) is 0.607. The summed E-state index contributed by atoms with van der Waals surface area (Å²) >= 11 is 0. The molecule has 96 heavy (non-hydrogen) atoms. The zero-order valence-corrected chi connectivity index (χ0v) is 55.0. The van der Waals surface area contributed by atoms with Crippen LogP contribution in [-0.2, 0) is 60.8 Å². The Morgan fingerprint density at radius 1 is 0.542 bits per heavy atom. The molecule has 2 heterocycles. The van der Waals surface area contributed by atoms with Crippen LogP contribution in [0.25, 0.3) is 0 Å². The number of unbranched alkanes of at least 4 members (excludes halogenated alkanes) is 2. The lowest BCUT2D eigenvalue weighted by atomic mass is 10.0. The lowest BCUT2D eigenvalue weighted by molar-refractivity contribution is -0.145. The Hall–Kier alpha value is -9.48. The van der Waals surface area contributed by atoms with Crippen LogP contribution < -0.4 is 94.1 Å². The largest absolute Gasteiger partial charge is 0.508 e. The van der Waals surface area contributed by atoms with Gasteiger partial charge in [-0.25, -0.2) is 4.79 Å². The van der Waals surface area contributed by atoms with Crippen LogP contribution in [0.2, 0.25) is 0 Å². The van der Waals surface area contributed by atoms with Crippen molar-refractivity contribution in [1.29, 1.82) is 0 Å². The molecule has 0 unspecified atom stereocenters. The van der Waals surface area contributed by atoms with Crippen molar-refractivity contribution in [2.75, 3.05) is 39.3 Å². The molecule has 11 atom stereocenters. The molecule has 0 saturated carbocycles. The van der Waals surface area contributed by atoms with Crippen molar-refractivity contribution in [2.45, 2.75) is 190 Å². The van der Waals surface area contributed by atoms with E-state index in [-0.39, 0.29) is 140 Å². The maximum absolute atomic E-state index is 14.8. The van der Waals surface area contributed by atoms with Crippen molar-refractivity contribution in [3.05, 3.63) is 59.9 Å². The molecule has 1 aliphatic heterocycles. The Kier molecular flexibility index (Phi) is 36.0. The molecule has 1 aromatic carbocycles. The number of aliphatic carboxylic acids is 1. The van der Waals surface area contributed by atoms with Crippen LogP contribution in [0, 0.1) is 5.92 Å². The number of aliphatic imine (C=N–C) groups is 3. The highest BCUT2D eigenvalue weighted by atomic mass is 16.4. The number of rotatable bonds is 44. The lowest BCUT2D eigenvalue weighted by Gasteiger charge is -2.32. The molecule has 0 radical (unpaired) electrons. The molecular weight excluding hydrogens is 1250 g/mol. The van der Waals surface area contributed by atoms with Crippen LogP contribution in [0.1, 0.15) is 122 Å². The average molecular weight is 1350 g/mol. The summed E-state index contributed by atoms with van der Waals surface area (Å²) in [6, 6.07) is -4.57. The summed E-state index contributed by atoms with van der Waals surface area (Å²) in [5.74, 6) is -10.3. The number of aliphatic hydroxyl groups is 1. The van der Waals surface area contributed by atoms with Crippen molar-refractivity contribution in [2.24, 2.45) is 72.5 Å². The van der Waals surface area contributed by atoms with Crippen LogP contribution in [0.4, 0.5) is 0 Å². The first kappa shape index (κ1) is 80.8. The summed E-state index contributed by atoms with van der Waals surface area (Å²) < 4.78 is 0. The van der Waals surface area contributed by atoms with Gasteiger partial charge in [-0.2, -0.15) is 0 Å². The molecule has 9 amide bonds. The number of hydrogen-bond acceptors (Lipinski definition) is 19. The SMILES string of the molecule is CC(C)[C@H](NC(=O)[C@@H](N)Cc1cccnc1)C(=O)N[C@H](C(=O)N1CCC[C@H]1C(=O)N[C@@H](Cc1ccc(O)cc1)C(=O)N[C@@H](CCCCN)C(=O)N[C@@H](CCCN=C(N)N)C(=O)N[C@@H](CCCN=C(N)N)C(=O)N[C@@H](CCCCN)C(=O)N[C@@H](CCCN=C(N)N)C(=O)O)[C@@H](C)O. The fourth-order valence-electron chi connectivity index (χ4n) is 10.3. The van der Waals surface area contributed by atoms with Crippen LogP contribution in [-0.4, -0.2) is 208 Å². The molecule has 534 valence electrons. The van der Waals surface area contributed by atoms with Crippen molar-refractivity contribution in [3.8, 4) is 5.75 Å². The van der Waals surface area contributed by atoms with E-state index < -0.39 is 132 Å². The first-order valence-corrected chi connectivity index (χ1v) is 32.2. The lowest BCUT2D eigenvalue weighted by Crippen LogP contribution is -2.62. The van der Waals surface area contributed by atoms with Crippen molar-refractivity contribution in [3.63, 3.8) is 0 Å². The zero-order valence-electron chi connectivity index (χ0n) is 55.0. The minimum Gasteiger partial charge on any atom is -0.508 e. The van der Waals surface area contributed by atoms with Crippen LogP contribution in [0.5, 0.6) is 5.75 Å². The quantitative estimate of drug-likeness (QED) is 0.0167. The Bertz CT molecular complexity index is 2930. The summed E-state index contributed by atoms with van der Waals surface area (Å²) in [4.78, 5) is 158. The second-order valence-electron chi connectivity index (χ2n) is 23.8. The summed E-state index contributed by atoms with van der Waals surface area (Å²) in [5.41, 5.74) is 52.0. The van der Waals surface area contributed by atoms with E-state index in [0.717, 1.165) is 0 Å². The molecule has 0 spiro atoms. The normalized spacial score (nSPS) is 15.8. The molecule has 35 heteroatoms. The Morgan fingerprint density at radius 3 is 1.40 bits per heavy atom. The van der Waals surface area contributed by atoms with Crippen LogP contribution in [0.3, 0.4) is 0 Å². The van der Waals surface area contributed by atoms with Crippen molar-refractivity contribution < 1.29 is 63.3 Å². The number of phenolic OH excluding ortho intramolecular Hbond substituents is 1. The standard InChI is InChI=1S/C61H102N22O13/c1-34(2)47(81-49(86)39(64)31-37-13-8-26-71-33-37)56(93)82-48(35(3)84)57(94)83-30-12-19-46(83)55(92)80-45(32-36-20-22-38(85)23-21-36)54(91)78-40(14-4-6-24-62)50(87)76-43(17-10-28-73-60(67)68)52(89)77-42(16-9-27-72-59(65)66)51(88)75-41(15-5-7-25-63)53(90)79-44(58(95)96)18-11-29-74-61(69)70/h8,13,20-23,26,33-35,39-48,84-85H,4-7,9-12,14-19,24-25,27-32,62-64H2,1-3H3,(H,75,88)(H,76,87)(H,77,89)(H,78,91)(H,79,90)(H,80,92)(H,81,86)(H,82,93)(H,95,96)(H4,65,66,72)(H4,67,68,73)(H4,69,70,74)/t35-,39+,40+,41+,42+,43+,44+,45+,46+,47+,48+/m1/s1. The van der Waals surface area contributed by atoms with E-state index >= 15 is 0 Å². The second-order valence-corrected chi connectivity index (χ2v) is 23.8. The number of benzene rings is 1. The number of carbonyl (C=O) groups excluding carboxylic acids is 9. The van der Waals surface area contributed by atoms with E-state index in [1.165, 1.54) is 36.1 Å². The number of nitrogens with zero attached hydrogens (tertiary/aromatic N) is 5. The number of phenols is 1.